The Hall–Kier alpha value is -3.08. The van der Waals surface area contributed by atoms with Gasteiger partial charge in [0.15, 0.2) is 4.90 Å². The predicted octanol–water partition coefficient (Wildman–Crippen LogP) is 3.49. The lowest BCUT2D eigenvalue weighted by atomic mass is 10.1. The summed E-state index contributed by atoms with van der Waals surface area (Å²) in [6.07, 6.45) is 1.50. The van der Waals surface area contributed by atoms with Crippen LogP contribution in [0.25, 0.3) is 0 Å². The number of aromatic nitrogens is 2. The third-order valence-electron chi connectivity index (χ3n) is 4.31. The second-order valence-corrected chi connectivity index (χ2v) is 8.02. The monoisotopic (exact) mass is 392 g/mol. The average Bonchev–Trinajstić information content (AvgIpc) is 2.65. The molecule has 0 spiro atoms. The normalized spacial score (nSPS) is 11.7. The minimum atomic E-state index is -1.52. The number of nitrogens with one attached hydrogen (secondary N) is 1. The van der Waals surface area contributed by atoms with E-state index < -0.39 is 11.2 Å². The fourth-order valence-corrected chi connectivity index (χ4v) is 4.42. The lowest BCUT2D eigenvalue weighted by Gasteiger charge is -2.16. The first-order chi connectivity index (χ1) is 13.3. The van der Waals surface area contributed by atoms with E-state index in [1.54, 1.807) is 31.3 Å². The van der Waals surface area contributed by atoms with Crippen molar-refractivity contribution in [2.24, 2.45) is 7.05 Å². The highest BCUT2D eigenvalue weighted by atomic mass is 32.2. The van der Waals surface area contributed by atoms with Crippen LogP contribution in [0.1, 0.15) is 22.3 Å². The van der Waals surface area contributed by atoms with Gasteiger partial charge in [-0.2, -0.15) is 10.2 Å². The average molecular weight is 392 g/mol. The second kappa shape index (κ2) is 7.89. The Balaban J connectivity index is 2.01. The lowest BCUT2D eigenvalue weighted by molar-refractivity contribution is 0.587. The highest BCUT2D eigenvalue weighted by Crippen LogP contribution is 2.27. The van der Waals surface area contributed by atoms with Gasteiger partial charge in [-0.3, -0.25) is 4.79 Å². The third-order valence-corrected chi connectivity index (χ3v) is 5.90. The van der Waals surface area contributed by atoms with Crippen LogP contribution in [-0.4, -0.2) is 14.1 Å². The van der Waals surface area contributed by atoms with E-state index in [2.05, 4.69) is 10.3 Å². The van der Waals surface area contributed by atoms with Crippen molar-refractivity contribution in [3.8, 4) is 6.07 Å². The highest BCUT2D eigenvalue weighted by molar-refractivity contribution is 7.91. The standard InChI is InChI=1S/C21H20N4O2S/c1-13-9-14(2)19(15(3)10-13)28(27)18-12-25(4)21(26)20(24-18)23-17-7-5-16(11-22)6-8-17/h5-10,12H,1-4H3,(H,23,24). The SMILES string of the molecule is Cc1cc(C)c([S+]([O-])c2cn(C)c(=O)c(Nc3ccc(C#N)cc3)n2)c(C)c1. The Bertz CT molecular complexity index is 1110. The maximum Gasteiger partial charge on any atom is 0.293 e. The molecule has 3 aromatic rings. The van der Waals surface area contributed by atoms with E-state index in [4.69, 9.17) is 5.26 Å². The molecule has 142 valence electrons. The Morgan fingerprint density at radius 2 is 1.75 bits per heavy atom. The van der Waals surface area contributed by atoms with Crippen LogP contribution in [0.2, 0.25) is 0 Å². The van der Waals surface area contributed by atoms with E-state index in [1.807, 2.05) is 39.0 Å². The van der Waals surface area contributed by atoms with Gasteiger partial charge < -0.3 is 14.4 Å². The van der Waals surface area contributed by atoms with E-state index in [-0.39, 0.29) is 11.4 Å². The summed E-state index contributed by atoms with van der Waals surface area (Å²) >= 11 is -1.52. The number of hydrogen-bond acceptors (Lipinski definition) is 5. The Morgan fingerprint density at radius 1 is 1.14 bits per heavy atom. The second-order valence-electron chi connectivity index (χ2n) is 6.65. The molecule has 1 aromatic heterocycles. The van der Waals surface area contributed by atoms with Gasteiger partial charge in [0, 0.05) is 35.0 Å². The van der Waals surface area contributed by atoms with Gasteiger partial charge in [-0.25, -0.2) is 0 Å². The number of nitrogens with zero attached hydrogens (tertiary/aromatic N) is 3. The van der Waals surface area contributed by atoms with Crippen molar-refractivity contribution in [3.05, 3.63) is 75.2 Å². The molecule has 3 rings (SSSR count). The number of hydrogen-bond donors (Lipinski definition) is 1. The van der Waals surface area contributed by atoms with Crippen molar-refractivity contribution in [2.75, 3.05) is 5.32 Å². The van der Waals surface area contributed by atoms with Gasteiger partial charge in [-0.15, -0.1) is 0 Å². The predicted molar refractivity (Wildman–Crippen MR) is 109 cm³/mol. The van der Waals surface area contributed by atoms with Crippen LogP contribution < -0.4 is 10.9 Å². The third kappa shape index (κ3) is 3.93. The number of benzene rings is 2. The molecular formula is C21H20N4O2S. The first kappa shape index (κ1) is 19.7. The number of anilines is 2. The van der Waals surface area contributed by atoms with Crippen molar-refractivity contribution in [1.29, 1.82) is 5.26 Å². The summed E-state index contributed by atoms with van der Waals surface area (Å²) in [5.74, 6) is 0.0838. The molecule has 0 fully saturated rings. The van der Waals surface area contributed by atoms with Gasteiger partial charge in [-0.1, -0.05) is 17.7 Å². The molecule has 7 heteroatoms. The zero-order chi connectivity index (χ0) is 20.4. The molecule has 0 bridgehead atoms. The minimum Gasteiger partial charge on any atom is -0.605 e. The fraction of sp³-hybridized carbons (Fsp3) is 0.190. The zero-order valence-corrected chi connectivity index (χ0v) is 16.9. The van der Waals surface area contributed by atoms with Crippen molar-refractivity contribution in [1.82, 2.24) is 9.55 Å². The van der Waals surface area contributed by atoms with E-state index in [0.29, 0.717) is 21.2 Å². The first-order valence-corrected chi connectivity index (χ1v) is 9.79. The Kier molecular flexibility index (Phi) is 5.54. The quantitative estimate of drug-likeness (QED) is 0.686. The molecule has 0 saturated heterocycles. The number of aryl methyl sites for hydroxylation is 4. The van der Waals surface area contributed by atoms with Crippen LogP contribution in [0.15, 0.2) is 57.3 Å². The maximum atomic E-state index is 13.2. The summed E-state index contributed by atoms with van der Waals surface area (Å²) in [7, 11) is 1.60. The maximum absolute atomic E-state index is 13.2. The molecule has 2 aromatic carbocycles. The van der Waals surface area contributed by atoms with Crippen molar-refractivity contribution < 1.29 is 4.55 Å². The molecule has 0 aliphatic carbocycles. The molecule has 1 heterocycles. The molecule has 0 aliphatic heterocycles. The molecule has 1 unspecified atom stereocenters. The molecule has 1 N–H and O–H groups in total. The van der Waals surface area contributed by atoms with Crippen LogP contribution in [0.4, 0.5) is 11.5 Å². The van der Waals surface area contributed by atoms with Crippen LogP contribution in [0.3, 0.4) is 0 Å². The summed E-state index contributed by atoms with van der Waals surface area (Å²) in [5, 5.41) is 12.2. The van der Waals surface area contributed by atoms with E-state index in [9.17, 15) is 9.35 Å². The molecule has 0 radical (unpaired) electrons. The van der Waals surface area contributed by atoms with Gasteiger partial charge in [0.2, 0.25) is 5.82 Å². The van der Waals surface area contributed by atoms with E-state index in [0.717, 1.165) is 16.7 Å². The zero-order valence-electron chi connectivity index (χ0n) is 16.1. The molecule has 1 atom stereocenters. The van der Waals surface area contributed by atoms with Gasteiger partial charge in [0.25, 0.3) is 10.6 Å². The van der Waals surface area contributed by atoms with Gasteiger partial charge in [-0.05, 0) is 45.0 Å². The van der Waals surface area contributed by atoms with Crippen molar-refractivity contribution in [3.63, 3.8) is 0 Å². The van der Waals surface area contributed by atoms with Crippen LogP contribution in [0, 0.1) is 32.1 Å². The molecule has 0 saturated carbocycles. The molecule has 28 heavy (non-hydrogen) atoms. The van der Waals surface area contributed by atoms with Crippen molar-refractivity contribution >= 4 is 22.7 Å². The fourth-order valence-electron chi connectivity index (χ4n) is 3.08. The largest absolute Gasteiger partial charge is 0.605 e. The first-order valence-electron chi connectivity index (χ1n) is 8.64. The lowest BCUT2D eigenvalue weighted by Crippen LogP contribution is -2.24. The summed E-state index contributed by atoms with van der Waals surface area (Å²) < 4.78 is 14.6. The molecule has 0 amide bonds. The summed E-state index contributed by atoms with van der Waals surface area (Å²) in [6.45, 7) is 5.84. The molecule has 6 nitrogen and oxygen atoms in total. The van der Waals surface area contributed by atoms with Gasteiger partial charge >= 0.3 is 0 Å². The van der Waals surface area contributed by atoms with E-state index in [1.165, 1.54) is 10.8 Å². The summed E-state index contributed by atoms with van der Waals surface area (Å²) in [5.41, 5.74) is 3.76. The van der Waals surface area contributed by atoms with Crippen molar-refractivity contribution in [2.45, 2.75) is 30.7 Å². The van der Waals surface area contributed by atoms with Gasteiger partial charge in [0.1, 0.15) is 0 Å². The molecular weight excluding hydrogens is 372 g/mol. The number of rotatable bonds is 4. The smallest absolute Gasteiger partial charge is 0.293 e. The Morgan fingerprint density at radius 3 is 2.32 bits per heavy atom. The number of nitriles is 1. The van der Waals surface area contributed by atoms with Crippen LogP contribution in [0.5, 0.6) is 0 Å². The molecule has 0 aliphatic rings. The van der Waals surface area contributed by atoms with Crippen LogP contribution in [-0.2, 0) is 18.2 Å². The van der Waals surface area contributed by atoms with Crippen LogP contribution >= 0.6 is 0 Å². The Labute approximate surface area is 166 Å². The topological polar surface area (TPSA) is 93.8 Å². The highest BCUT2D eigenvalue weighted by Gasteiger charge is 2.24. The minimum absolute atomic E-state index is 0.0838. The summed E-state index contributed by atoms with van der Waals surface area (Å²) in [6, 6.07) is 12.7. The summed E-state index contributed by atoms with van der Waals surface area (Å²) in [4.78, 5) is 17.5. The van der Waals surface area contributed by atoms with E-state index >= 15 is 0 Å². The van der Waals surface area contributed by atoms with Gasteiger partial charge in [0.05, 0.1) is 17.8 Å².